The van der Waals surface area contributed by atoms with Crippen LogP contribution in [-0.4, -0.2) is 22.6 Å². The summed E-state index contributed by atoms with van der Waals surface area (Å²) in [5.41, 5.74) is 1.29. The summed E-state index contributed by atoms with van der Waals surface area (Å²) in [6.07, 6.45) is 1.99. The van der Waals surface area contributed by atoms with Crippen molar-refractivity contribution in [3.63, 3.8) is 0 Å². The summed E-state index contributed by atoms with van der Waals surface area (Å²) in [5.74, 6) is -0.711. The van der Waals surface area contributed by atoms with Gasteiger partial charge in [0.1, 0.15) is 6.61 Å². The van der Waals surface area contributed by atoms with Gasteiger partial charge in [0.15, 0.2) is 18.1 Å². The smallest absolute Gasteiger partial charge is 0.344 e. The fourth-order valence-electron chi connectivity index (χ4n) is 1.82. The lowest BCUT2D eigenvalue weighted by Gasteiger charge is -2.09. The molecule has 0 heterocycles. The minimum absolute atomic E-state index is 0.0879. The van der Waals surface area contributed by atoms with E-state index in [-0.39, 0.29) is 24.7 Å². The third kappa shape index (κ3) is 5.45. The van der Waals surface area contributed by atoms with Crippen molar-refractivity contribution in [3.8, 4) is 11.5 Å². The summed E-state index contributed by atoms with van der Waals surface area (Å²) >= 11 is 0. The van der Waals surface area contributed by atoms with Gasteiger partial charge in [-0.3, -0.25) is 10.1 Å². The lowest BCUT2D eigenvalue weighted by atomic mass is 10.2. The lowest BCUT2D eigenvalue weighted by Crippen LogP contribution is -2.14. The van der Waals surface area contributed by atoms with Gasteiger partial charge in [0.05, 0.1) is 4.92 Å². The number of carbonyl (C=O) groups is 1. The molecule has 0 fully saturated rings. The second kappa shape index (κ2) is 8.33. The number of carbonyl (C=O) groups excluding carboxylic acids is 1. The first-order chi connectivity index (χ1) is 11.5. The number of phenols is 1. The third-order valence-corrected chi connectivity index (χ3v) is 2.96. The van der Waals surface area contributed by atoms with E-state index in [0.717, 1.165) is 11.8 Å². The normalized spacial score (nSPS) is 10.5. The van der Waals surface area contributed by atoms with Crippen LogP contribution in [0.15, 0.2) is 54.7 Å². The van der Waals surface area contributed by atoms with Crippen LogP contribution in [0.2, 0.25) is 0 Å². The monoisotopic (exact) mass is 329 g/mol. The summed E-state index contributed by atoms with van der Waals surface area (Å²) in [6.45, 7) is -0.218. The average Bonchev–Trinajstić information content (AvgIpc) is 2.58. The standard InChI is InChI=1S/C17H15NO6/c19-15-10-13(8-9-18(21)22)6-7-16(15)23-12-17(20)24-11-14-4-2-1-3-5-14/h1-10,19H,11-12H2/b9-8+. The highest BCUT2D eigenvalue weighted by Gasteiger charge is 2.08. The Morgan fingerprint density at radius 3 is 2.62 bits per heavy atom. The summed E-state index contributed by atoms with van der Waals surface area (Å²) in [5, 5.41) is 20.0. The van der Waals surface area contributed by atoms with Crippen molar-refractivity contribution in [2.75, 3.05) is 6.61 Å². The van der Waals surface area contributed by atoms with Gasteiger partial charge in [-0.25, -0.2) is 4.79 Å². The van der Waals surface area contributed by atoms with E-state index in [1.165, 1.54) is 24.3 Å². The van der Waals surface area contributed by atoms with Gasteiger partial charge < -0.3 is 14.6 Å². The average molecular weight is 329 g/mol. The van der Waals surface area contributed by atoms with Gasteiger partial charge in [-0.05, 0) is 23.3 Å². The molecular weight excluding hydrogens is 314 g/mol. The van der Waals surface area contributed by atoms with Crippen LogP contribution in [0.5, 0.6) is 11.5 Å². The van der Waals surface area contributed by atoms with Gasteiger partial charge in [-0.1, -0.05) is 36.4 Å². The second-order valence-electron chi connectivity index (χ2n) is 4.76. The Morgan fingerprint density at radius 1 is 1.21 bits per heavy atom. The Bertz CT molecular complexity index is 742. The molecule has 24 heavy (non-hydrogen) atoms. The number of hydrogen-bond acceptors (Lipinski definition) is 6. The van der Waals surface area contributed by atoms with E-state index >= 15 is 0 Å². The molecular formula is C17H15NO6. The fraction of sp³-hybridized carbons (Fsp3) is 0.118. The first-order valence-corrected chi connectivity index (χ1v) is 7.01. The Balaban J connectivity index is 1.85. The molecule has 2 aromatic carbocycles. The number of rotatable bonds is 7. The minimum atomic E-state index is -0.607. The molecule has 0 atom stereocenters. The highest BCUT2D eigenvalue weighted by atomic mass is 16.6. The van der Waals surface area contributed by atoms with E-state index in [9.17, 15) is 20.0 Å². The molecule has 0 aromatic heterocycles. The molecule has 0 unspecified atom stereocenters. The van der Waals surface area contributed by atoms with Crippen LogP contribution in [0, 0.1) is 10.1 Å². The molecule has 0 spiro atoms. The largest absolute Gasteiger partial charge is 0.504 e. The molecule has 2 aromatic rings. The second-order valence-corrected chi connectivity index (χ2v) is 4.76. The zero-order valence-electron chi connectivity index (χ0n) is 12.6. The maximum absolute atomic E-state index is 11.6. The highest BCUT2D eigenvalue weighted by Crippen LogP contribution is 2.27. The minimum Gasteiger partial charge on any atom is -0.504 e. The Labute approximate surface area is 137 Å². The van der Waals surface area contributed by atoms with Gasteiger partial charge in [0.25, 0.3) is 0 Å². The van der Waals surface area contributed by atoms with Crippen molar-refractivity contribution in [2.45, 2.75) is 6.61 Å². The van der Waals surface area contributed by atoms with Gasteiger partial charge in [-0.15, -0.1) is 0 Å². The number of benzene rings is 2. The number of nitro groups is 1. The van der Waals surface area contributed by atoms with Crippen molar-refractivity contribution in [1.29, 1.82) is 0 Å². The molecule has 0 saturated carbocycles. The number of phenolic OH excluding ortho intramolecular Hbond substituents is 1. The molecule has 2 rings (SSSR count). The molecule has 124 valence electrons. The predicted octanol–water partition coefficient (Wildman–Crippen LogP) is 2.76. The van der Waals surface area contributed by atoms with Crippen molar-refractivity contribution < 1.29 is 24.3 Å². The first-order valence-electron chi connectivity index (χ1n) is 7.01. The molecule has 0 amide bonds. The van der Waals surface area contributed by atoms with Crippen molar-refractivity contribution in [2.24, 2.45) is 0 Å². The highest BCUT2D eigenvalue weighted by molar-refractivity contribution is 5.71. The first kappa shape index (κ1) is 17.0. The topological polar surface area (TPSA) is 98.9 Å². The van der Waals surface area contributed by atoms with E-state index in [4.69, 9.17) is 9.47 Å². The lowest BCUT2D eigenvalue weighted by molar-refractivity contribution is -0.400. The van der Waals surface area contributed by atoms with E-state index in [1.54, 1.807) is 0 Å². The van der Waals surface area contributed by atoms with Crippen LogP contribution in [0.25, 0.3) is 6.08 Å². The number of hydrogen-bond donors (Lipinski definition) is 1. The Kier molecular flexibility index (Phi) is 5.90. The Hall–Kier alpha value is -3.35. The molecule has 0 aliphatic heterocycles. The number of aromatic hydroxyl groups is 1. The molecule has 0 saturated heterocycles. The van der Waals surface area contributed by atoms with Crippen molar-refractivity contribution >= 4 is 12.0 Å². The van der Waals surface area contributed by atoms with E-state index in [0.29, 0.717) is 5.56 Å². The van der Waals surface area contributed by atoms with Crippen LogP contribution in [0.4, 0.5) is 0 Å². The van der Waals surface area contributed by atoms with Crippen LogP contribution >= 0.6 is 0 Å². The van der Waals surface area contributed by atoms with Gasteiger partial charge in [0.2, 0.25) is 6.20 Å². The van der Waals surface area contributed by atoms with Gasteiger partial charge in [0, 0.05) is 6.08 Å². The van der Waals surface area contributed by atoms with Crippen molar-refractivity contribution in [3.05, 3.63) is 76.0 Å². The van der Waals surface area contributed by atoms with Crippen LogP contribution < -0.4 is 4.74 Å². The predicted molar refractivity (Wildman–Crippen MR) is 85.9 cm³/mol. The molecule has 7 heteroatoms. The summed E-state index contributed by atoms with van der Waals surface area (Å²) in [6, 6.07) is 13.4. The van der Waals surface area contributed by atoms with Crippen LogP contribution in [0.3, 0.4) is 0 Å². The van der Waals surface area contributed by atoms with Crippen molar-refractivity contribution in [1.82, 2.24) is 0 Å². The van der Waals surface area contributed by atoms with Gasteiger partial charge in [-0.2, -0.15) is 0 Å². The number of esters is 1. The van der Waals surface area contributed by atoms with E-state index in [2.05, 4.69) is 0 Å². The van der Waals surface area contributed by atoms with Crippen LogP contribution in [0.1, 0.15) is 11.1 Å². The van der Waals surface area contributed by atoms with Crippen LogP contribution in [-0.2, 0) is 16.1 Å². The fourth-order valence-corrected chi connectivity index (χ4v) is 1.82. The summed E-state index contributed by atoms with van der Waals surface area (Å²) < 4.78 is 10.2. The zero-order valence-corrected chi connectivity index (χ0v) is 12.6. The number of ether oxygens (including phenoxy) is 2. The van der Waals surface area contributed by atoms with E-state index < -0.39 is 10.9 Å². The maximum atomic E-state index is 11.6. The number of nitrogens with zero attached hydrogens (tertiary/aromatic N) is 1. The molecule has 0 bridgehead atoms. The molecule has 7 nitrogen and oxygen atoms in total. The molecule has 0 aliphatic rings. The molecule has 0 radical (unpaired) electrons. The molecule has 0 aliphatic carbocycles. The third-order valence-electron chi connectivity index (χ3n) is 2.96. The Morgan fingerprint density at radius 2 is 1.96 bits per heavy atom. The quantitative estimate of drug-likeness (QED) is 0.476. The zero-order chi connectivity index (χ0) is 17.4. The summed E-state index contributed by atoms with van der Waals surface area (Å²) in [7, 11) is 0. The molecule has 1 N–H and O–H groups in total. The maximum Gasteiger partial charge on any atom is 0.344 e. The van der Waals surface area contributed by atoms with E-state index in [1.807, 2.05) is 30.3 Å². The summed E-state index contributed by atoms with van der Waals surface area (Å²) in [4.78, 5) is 21.3. The SMILES string of the molecule is O=C(COc1ccc(/C=C/[N+](=O)[O-])cc1O)OCc1ccccc1. The van der Waals surface area contributed by atoms with Gasteiger partial charge >= 0.3 is 5.97 Å².